The van der Waals surface area contributed by atoms with Crippen LogP contribution in [-0.4, -0.2) is 42.5 Å². The molecule has 1 aliphatic heterocycles. The molecule has 0 unspecified atom stereocenters. The van der Waals surface area contributed by atoms with Gasteiger partial charge in [-0.15, -0.1) is 0 Å². The number of ketones is 1. The first-order chi connectivity index (χ1) is 13.8. The number of rotatable bonds is 3. The summed E-state index contributed by atoms with van der Waals surface area (Å²) in [6, 6.07) is 7.80. The van der Waals surface area contributed by atoms with Gasteiger partial charge in [0.25, 0.3) is 5.91 Å². The molecule has 2 aliphatic carbocycles. The lowest BCUT2D eigenvalue weighted by Crippen LogP contribution is -2.48. The number of piperidine rings is 1. The molecule has 1 spiro atoms. The molecule has 4 rings (SSSR count). The third-order valence-electron chi connectivity index (χ3n) is 6.21. The van der Waals surface area contributed by atoms with Crippen molar-refractivity contribution < 1.29 is 27.5 Å². The van der Waals surface area contributed by atoms with Crippen molar-refractivity contribution in [3.63, 3.8) is 0 Å². The van der Waals surface area contributed by atoms with Gasteiger partial charge in [0.2, 0.25) is 0 Å². The Kier molecular flexibility index (Phi) is 5.00. The van der Waals surface area contributed by atoms with Crippen molar-refractivity contribution in [3.05, 3.63) is 58.9 Å². The van der Waals surface area contributed by atoms with Crippen molar-refractivity contribution in [2.75, 3.05) is 19.7 Å². The van der Waals surface area contributed by atoms with Crippen LogP contribution in [0.2, 0.25) is 0 Å². The largest absolute Gasteiger partial charge is 0.483 e. The monoisotopic (exact) mass is 405 g/mol. The minimum atomic E-state index is -4.46. The maximum Gasteiger partial charge on any atom is 0.416 e. The Morgan fingerprint density at radius 3 is 2.62 bits per heavy atom. The molecular weight excluding hydrogens is 383 g/mol. The van der Waals surface area contributed by atoms with Gasteiger partial charge in [-0.1, -0.05) is 30.3 Å². The fraction of sp³-hybridized carbons (Fsp3) is 0.455. The molecule has 7 heteroatoms. The third kappa shape index (κ3) is 3.58. The van der Waals surface area contributed by atoms with E-state index in [9.17, 15) is 22.8 Å². The number of ether oxygens (including phenoxy) is 1. The zero-order valence-corrected chi connectivity index (χ0v) is 15.9. The summed E-state index contributed by atoms with van der Waals surface area (Å²) in [5, 5.41) is 0. The number of nitrogens with zero attached hydrogens (tertiary/aromatic N) is 1. The van der Waals surface area contributed by atoms with Crippen LogP contribution in [0.3, 0.4) is 0 Å². The summed E-state index contributed by atoms with van der Waals surface area (Å²) in [5.41, 5.74) is 0.849. The maximum atomic E-state index is 13.1. The van der Waals surface area contributed by atoms with Crippen LogP contribution < -0.4 is 0 Å². The summed E-state index contributed by atoms with van der Waals surface area (Å²) in [5.74, 6) is -0.438. The molecule has 0 aromatic heterocycles. The number of likely N-dealkylation sites (tertiary alicyclic amines) is 1. The number of amides is 1. The molecule has 0 saturated carbocycles. The highest BCUT2D eigenvalue weighted by Crippen LogP contribution is 2.44. The van der Waals surface area contributed by atoms with E-state index in [2.05, 4.69) is 0 Å². The number of allylic oxidation sites excluding steroid dienone is 3. The van der Waals surface area contributed by atoms with Crippen molar-refractivity contribution in [1.29, 1.82) is 0 Å². The summed E-state index contributed by atoms with van der Waals surface area (Å²) >= 11 is 0. The molecule has 0 radical (unpaired) electrons. The number of benzene rings is 1. The SMILES string of the molecule is O=C(COC1=C(C(F)(F)F)CCC=C1)N1CCC2(CC1)C(=O)Cc1ccccc12. The molecular formula is C22H22F3NO3. The topological polar surface area (TPSA) is 46.6 Å². The van der Waals surface area contributed by atoms with Gasteiger partial charge in [-0.25, -0.2) is 0 Å². The van der Waals surface area contributed by atoms with Crippen LogP contribution >= 0.6 is 0 Å². The van der Waals surface area contributed by atoms with Crippen molar-refractivity contribution in [2.45, 2.75) is 43.7 Å². The lowest BCUT2D eigenvalue weighted by atomic mass is 9.73. The summed E-state index contributed by atoms with van der Waals surface area (Å²) in [6.07, 6.45) is 0.0964. The number of hydrogen-bond donors (Lipinski definition) is 0. The van der Waals surface area contributed by atoms with Crippen LogP contribution in [-0.2, 0) is 26.2 Å². The first kappa shape index (κ1) is 19.7. The van der Waals surface area contributed by atoms with E-state index in [1.165, 1.54) is 6.08 Å². The van der Waals surface area contributed by atoms with E-state index in [1.807, 2.05) is 24.3 Å². The minimum absolute atomic E-state index is 0.142. The summed E-state index contributed by atoms with van der Waals surface area (Å²) in [7, 11) is 0. The molecule has 0 bridgehead atoms. The quantitative estimate of drug-likeness (QED) is 0.767. The third-order valence-corrected chi connectivity index (χ3v) is 6.21. The van der Waals surface area contributed by atoms with Gasteiger partial charge in [0, 0.05) is 19.5 Å². The predicted octanol–water partition coefficient (Wildman–Crippen LogP) is 3.86. The second-order valence-corrected chi connectivity index (χ2v) is 7.79. The molecule has 154 valence electrons. The van der Waals surface area contributed by atoms with E-state index in [-0.39, 0.29) is 23.9 Å². The number of carbonyl (C=O) groups excluding carboxylic acids is 2. The predicted molar refractivity (Wildman–Crippen MR) is 100 cm³/mol. The number of fused-ring (bicyclic) bond motifs is 2. The van der Waals surface area contributed by atoms with E-state index in [0.717, 1.165) is 11.1 Å². The van der Waals surface area contributed by atoms with Crippen LogP contribution in [0.25, 0.3) is 0 Å². The fourth-order valence-electron chi connectivity index (χ4n) is 4.61. The molecule has 1 aromatic rings. The van der Waals surface area contributed by atoms with Crippen LogP contribution in [0.5, 0.6) is 0 Å². The molecule has 29 heavy (non-hydrogen) atoms. The van der Waals surface area contributed by atoms with Gasteiger partial charge in [0.1, 0.15) is 11.5 Å². The maximum absolute atomic E-state index is 13.1. The Morgan fingerprint density at radius 2 is 1.90 bits per heavy atom. The van der Waals surface area contributed by atoms with Gasteiger partial charge >= 0.3 is 6.18 Å². The molecule has 4 nitrogen and oxygen atoms in total. The van der Waals surface area contributed by atoms with Gasteiger partial charge in [0.05, 0.1) is 11.0 Å². The Balaban J connectivity index is 1.40. The second-order valence-electron chi connectivity index (χ2n) is 7.79. The van der Waals surface area contributed by atoms with Crippen LogP contribution in [0, 0.1) is 0 Å². The Morgan fingerprint density at radius 1 is 1.17 bits per heavy atom. The van der Waals surface area contributed by atoms with Crippen molar-refractivity contribution in [3.8, 4) is 0 Å². The van der Waals surface area contributed by atoms with Gasteiger partial charge in [-0.05, 0) is 42.9 Å². The molecule has 0 N–H and O–H groups in total. The molecule has 3 aliphatic rings. The first-order valence-corrected chi connectivity index (χ1v) is 9.80. The highest BCUT2D eigenvalue weighted by atomic mass is 19.4. The van der Waals surface area contributed by atoms with E-state index in [0.29, 0.717) is 38.8 Å². The molecule has 1 heterocycles. The van der Waals surface area contributed by atoms with Gasteiger partial charge in [0.15, 0.2) is 6.61 Å². The highest BCUT2D eigenvalue weighted by Gasteiger charge is 2.48. The van der Waals surface area contributed by atoms with Crippen molar-refractivity contribution in [2.24, 2.45) is 0 Å². The first-order valence-electron chi connectivity index (χ1n) is 9.80. The summed E-state index contributed by atoms with van der Waals surface area (Å²) < 4.78 is 44.5. The molecule has 1 amide bonds. The summed E-state index contributed by atoms with van der Waals surface area (Å²) in [4.78, 5) is 26.8. The Bertz CT molecular complexity index is 893. The fourth-order valence-corrected chi connectivity index (χ4v) is 4.61. The minimum Gasteiger partial charge on any atom is -0.483 e. The normalized spacial score (nSPS) is 20.9. The smallest absolute Gasteiger partial charge is 0.416 e. The van der Waals surface area contributed by atoms with Crippen LogP contribution in [0.1, 0.15) is 36.8 Å². The van der Waals surface area contributed by atoms with Crippen molar-refractivity contribution >= 4 is 11.7 Å². The number of alkyl halides is 3. The molecule has 1 aromatic carbocycles. The van der Waals surface area contributed by atoms with E-state index >= 15 is 0 Å². The molecule has 1 fully saturated rings. The van der Waals surface area contributed by atoms with E-state index in [4.69, 9.17) is 4.74 Å². The van der Waals surface area contributed by atoms with E-state index in [1.54, 1.807) is 11.0 Å². The van der Waals surface area contributed by atoms with Gasteiger partial charge < -0.3 is 9.64 Å². The summed E-state index contributed by atoms with van der Waals surface area (Å²) in [6.45, 7) is 0.351. The lowest BCUT2D eigenvalue weighted by Gasteiger charge is -2.39. The average molecular weight is 405 g/mol. The Labute approximate surface area is 167 Å². The van der Waals surface area contributed by atoms with Crippen LogP contribution in [0.4, 0.5) is 13.2 Å². The number of hydrogen-bond acceptors (Lipinski definition) is 3. The zero-order valence-electron chi connectivity index (χ0n) is 15.9. The molecule has 1 saturated heterocycles. The highest BCUT2D eigenvalue weighted by molar-refractivity contribution is 5.97. The standard InChI is InChI=1S/C22H22F3NO3/c23-22(24,25)17-7-3-4-8-18(17)29-14-20(28)26-11-9-21(10-12-26)16-6-2-1-5-15(16)13-19(21)27/h1-2,4-6,8H,3,7,9-14H2. The van der Waals surface area contributed by atoms with Crippen LogP contribution in [0.15, 0.2) is 47.7 Å². The zero-order chi connectivity index (χ0) is 20.6. The Hall–Kier alpha value is -2.57. The van der Waals surface area contributed by atoms with E-state index < -0.39 is 23.8 Å². The van der Waals surface area contributed by atoms with Gasteiger partial charge in [-0.3, -0.25) is 9.59 Å². The average Bonchev–Trinajstić information content (AvgIpc) is 2.98. The number of carbonyl (C=O) groups is 2. The number of halogens is 3. The van der Waals surface area contributed by atoms with Crippen molar-refractivity contribution in [1.82, 2.24) is 4.90 Å². The van der Waals surface area contributed by atoms with Gasteiger partial charge in [-0.2, -0.15) is 13.2 Å². The number of Topliss-reactive ketones (excluding diaryl/α,β-unsaturated/α-hetero) is 1. The molecule has 0 atom stereocenters. The second kappa shape index (κ2) is 7.35. The lowest BCUT2D eigenvalue weighted by molar-refractivity contribution is -0.138.